The smallest absolute Gasteiger partial charge is 0.0594 e. The summed E-state index contributed by atoms with van der Waals surface area (Å²) in [6.45, 7) is 6.68. The molecule has 3 nitrogen and oxygen atoms in total. The lowest BCUT2D eigenvalue weighted by Gasteiger charge is -2.39. The van der Waals surface area contributed by atoms with Gasteiger partial charge in [-0.2, -0.15) is 0 Å². The quantitative estimate of drug-likeness (QED) is 0.920. The van der Waals surface area contributed by atoms with Crippen LogP contribution in [-0.4, -0.2) is 49.1 Å². The molecule has 1 aliphatic rings. The molecule has 0 bridgehead atoms. The van der Waals surface area contributed by atoms with Gasteiger partial charge < -0.3 is 10.6 Å². The second kappa shape index (κ2) is 6.48. The van der Waals surface area contributed by atoms with E-state index in [0.29, 0.717) is 6.04 Å². The van der Waals surface area contributed by atoms with Crippen molar-refractivity contribution in [2.45, 2.75) is 25.4 Å². The van der Waals surface area contributed by atoms with Crippen LogP contribution in [0.2, 0.25) is 0 Å². The molecule has 2 rings (SSSR count). The summed E-state index contributed by atoms with van der Waals surface area (Å²) in [5, 5.41) is 2.15. The molecule has 1 saturated heterocycles. The molecule has 0 amide bonds. The lowest BCUT2D eigenvalue weighted by atomic mass is 10.0. The Labute approximate surface area is 122 Å². The van der Waals surface area contributed by atoms with E-state index >= 15 is 0 Å². The van der Waals surface area contributed by atoms with Crippen LogP contribution in [0.1, 0.15) is 24.3 Å². The van der Waals surface area contributed by atoms with Crippen LogP contribution < -0.4 is 5.73 Å². The van der Waals surface area contributed by atoms with Crippen molar-refractivity contribution in [3.63, 3.8) is 0 Å². The molecule has 0 spiro atoms. The first-order valence-electron chi connectivity index (χ1n) is 6.54. The molecule has 2 heterocycles. The predicted molar refractivity (Wildman–Crippen MR) is 82.1 cm³/mol. The number of nitrogens with two attached hydrogens (primary N) is 1. The highest BCUT2D eigenvalue weighted by atomic mass is 79.9. The topological polar surface area (TPSA) is 32.5 Å². The number of piperazine rings is 1. The molecule has 2 unspecified atom stereocenters. The van der Waals surface area contributed by atoms with E-state index in [2.05, 4.69) is 51.1 Å². The Balaban J connectivity index is 2.15. The lowest BCUT2D eigenvalue weighted by molar-refractivity contribution is 0.0985. The minimum atomic E-state index is 0.221. The third kappa shape index (κ3) is 3.33. The van der Waals surface area contributed by atoms with Gasteiger partial charge in [-0.25, -0.2) is 0 Å². The standard InChI is InChI=1S/C13H22BrN3S/c1-3-11(15)13(12-8-10(14)9-18-12)17-6-4-16(2)5-7-17/h8-9,11,13H,3-7,15H2,1-2H3. The molecule has 0 aromatic carbocycles. The number of hydrogen-bond acceptors (Lipinski definition) is 4. The normalized spacial score (nSPS) is 22.0. The van der Waals surface area contributed by atoms with Crippen molar-refractivity contribution >= 4 is 27.3 Å². The van der Waals surface area contributed by atoms with Crippen molar-refractivity contribution in [1.29, 1.82) is 0 Å². The van der Waals surface area contributed by atoms with Gasteiger partial charge in [0.05, 0.1) is 6.04 Å². The van der Waals surface area contributed by atoms with Crippen LogP contribution in [0.3, 0.4) is 0 Å². The molecule has 1 aliphatic heterocycles. The van der Waals surface area contributed by atoms with Crippen LogP contribution in [0.25, 0.3) is 0 Å². The predicted octanol–water partition coefficient (Wildman–Crippen LogP) is 2.54. The van der Waals surface area contributed by atoms with Gasteiger partial charge >= 0.3 is 0 Å². The third-order valence-electron chi connectivity index (χ3n) is 3.69. The average Bonchev–Trinajstić information content (AvgIpc) is 2.78. The summed E-state index contributed by atoms with van der Waals surface area (Å²) in [7, 11) is 2.19. The SMILES string of the molecule is CCC(N)C(c1cc(Br)cs1)N1CCN(C)CC1. The van der Waals surface area contributed by atoms with E-state index in [1.165, 1.54) is 9.35 Å². The van der Waals surface area contributed by atoms with Crippen molar-refractivity contribution in [3.05, 3.63) is 20.8 Å². The number of nitrogens with zero attached hydrogens (tertiary/aromatic N) is 2. The van der Waals surface area contributed by atoms with E-state index in [4.69, 9.17) is 5.73 Å². The van der Waals surface area contributed by atoms with Gasteiger partial charge in [-0.15, -0.1) is 11.3 Å². The van der Waals surface area contributed by atoms with Crippen molar-refractivity contribution in [2.24, 2.45) is 5.73 Å². The first-order valence-corrected chi connectivity index (χ1v) is 8.21. The highest BCUT2D eigenvalue weighted by Crippen LogP contribution is 2.32. The van der Waals surface area contributed by atoms with Crippen molar-refractivity contribution in [2.75, 3.05) is 33.2 Å². The van der Waals surface area contributed by atoms with Crippen LogP contribution in [0.15, 0.2) is 15.9 Å². The zero-order valence-corrected chi connectivity index (χ0v) is 13.5. The van der Waals surface area contributed by atoms with Crippen molar-refractivity contribution < 1.29 is 0 Å². The molecule has 2 N–H and O–H groups in total. The van der Waals surface area contributed by atoms with Crippen LogP contribution in [0.5, 0.6) is 0 Å². The largest absolute Gasteiger partial charge is 0.326 e. The fourth-order valence-corrected chi connectivity index (χ4v) is 4.12. The molecule has 0 saturated carbocycles. The van der Waals surface area contributed by atoms with Crippen molar-refractivity contribution in [1.82, 2.24) is 9.80 Å². The fraction of sp³-hybridized carbons (Fsp3) is 0.692. The number of halogens is 1. The van der Waals surface area contributed by atoms with Crippen LogP contribution in [-0.2, 0) is 0 Å². The van der Waals surface area contributed by atoms with Gasteiger partial charge in [-0.1, -0.05) is 6.92 Å². The number of thiophene rings is 1. The maximum atomic E-state index is 6.36. The number of rotatable bonds is 4. The molecule has 5 heteroatoms. The lowest BCUT2D eigenvalue weighted by Crippen LogP contribution is -2.50. The molecule has 1 aromatic rings. The Morgan fingerprint density at radius 3 is 2.56 bits per heavy atom. The van der Waals surface area contributed by atoms with Gasteiger partial charge in [0.1, 0.15) is 0 Å². The van der Waals surface area contributed by atoms with E-state index in [-0.39, 0.29) is 6.04 Å². The second-order valence-electron chi connectivity index (χ2n) is 5.02. The Morgan fingerprint density at radius 2 is 2.06 bits per heavy atom. The molecule has 2 atom stereocenters. The fourth-order valence-electron chi connectivity index (χ4n) is 2.47. The second-order valence-corrected chi connectivity index (χ2v) is 6.88. The van der Waals surface area contributed by atoms with E-state index in [9.17, 15) is 0 Å². The van der Waals surface area contributed by atoms with Crippen LogP contribution in [0.4, 0.5) is 0 Å². The molecule has 1 fully saturated rings. The maximum Gasteiger partial charge on any atom is 0.0594 e. The number of hydrogen-bond donors (Lipinski definition) is 1. The van der Waals surface area contributed by atoms with Crippen LogP contribution in [0, 0.1) is 0 Å². The molecular formula is C13H22BrN3S. The molecule has 102 valence electrons. The Bertz CT molecular complexity index is 374. The minimum absolute atomic E-state index is 0.221. The van der Waals surface area contributed by atoms with Crippen LogP contribution >= 0.6 is 27.3 Å². The maximum absolute atomic E-state index is 6.36. The first-order chi connectivity index (χ1) is 8.61. The van der Waals surface area contributed by atoms with Gasteiger partial charge in [0.15, 0.2) is 0 Å². The summed E-state index contributed by atoms with van der Waals surface area (Å²) in [6.07, 6.45) is 1.02. The zero-order chi connectivity index (χ0) is 13.1. The molecule has 0 aliphatic carbocycles. The minimum Gasteiger partial charge on any atom is -0.326 e. The highest BCUT2D eigenvalue weighted by Gasteiger charge is 2.28. The Hall–Kier alpha value is 0.0600. The molecule has 0 radical (unpaired) electrons. The third-order valence-corrected chi connectivity index (χ3v) is 5.45. The Morgan fingerprint density at radius 1 is 1.39 bits per heavy atom. The monoisotopic (exact) mass is 331 g/mol. The van der Waals surface area contributed by atoms with Gasteiger partial charge in [-0.05, 0) is 35.5 Å². The summed E-state index contributed by atoms with van der Waals surface area (Å²) in [5.74, 6) is 0. The van der Waals surface area contributed by atoms with Gasteiger partial charge in [0.25, 0.3) is 0 Å². The Kier molecular flexibility index (Phi) is 5.21. The van der Waals surface area contributed by atoms with Gasteiger partial charge in [0.2, 0.25) is 0 Å². The van der Waals surface area contributed by atoms with E-state index in [1.807, 2.05) is 11.3 Å². The number of likely N-dealkylation sites (N-methyl/N-ethyl adjacent to an activating group) is 1. The zero-order valence-electron chi connectivity index (χ0n) is 11.1. The highest BCUT2D eigenvalue weighted by molar-refractivity contribution is 9.10. The van der Waals surface area contributed by atoms with E-state index in [1.54, 1.807) is 0 Å². The summed E-state index contributed by atoms with van der Waals surface area (Å²) in [5.41, 5.74) is 6.36. The van der Waals surface area contributed by atoms with Crippen molar-refractivity contribution in [3.8, 4) is 0 Å². The summed E-state index contributed by atoms with van der Waals surface area (Å²) >= 11 is 5.36. The average molecular weight is 332 g/mol. The summed E-state index contributed by atoms with van der Waals surface area (Å²) in [6, 6.07) is 2.82. The van der Waals surface area contributed by atoms with Gasteiger partial charge in [-0.3, -0.25) is 4.90 Å². The molecule has 18 heavy (non-hydrogen) atoms. The summed E-state index contributed by atoms with van der Waals surface area (Å²) in [4.78, 5) is 6.32. The van der Waals surface area contributed by atoms with E-state index in [0.717, 1.165) is 32.6 Å². The van der Waals surface area contributed by atoms with Gasteiger partial charge in [0, 0.05) is 47.0 Å². The molecule has 1 aromatic heterocycles. The molecular weight excluding hydrogens is 310 g/mol. The summed E-state index contributed by atoms with van der Waals surface area (Å²) < 4.78 is 1.17. The first kappa shape index (κ1) is 14.5. The van der Waals surface area contributed by atoms with E-state index < -0.39 is 0 Å².